The molecule has 9 heteroatoms. The minimum absolute atomic E-state index is 0.105. The van der Waals surface area contributed by atoms with Gasteiger partial charge in [0.1, 0.15) is 0 Å². The zero-order valence-corrected chi connectivity index (χ0v) is 20.5. The van der Waals surface area contributed by atoms with Gasteiger partial charge in [-0.1, -0.05) is 35.5 Å². The first-order chi connectivity index (χ1) is 16.9. The van der Waals surface area contributed by atoms with Gasteiger partial charge in [-0.3, -0.25) is 4.79 Å². The fourth-order valence-electron chi connectivity index (χ4n) is 5.14. The summed E-state index contributed by atoms with van der Waals surface area (Å²) in [5.41, 5.74) is 3.49. The van der Waals surface area contributed by atoms with Crippen molar-refractivity contribution in [3.63, 3.8) is 0 Å². The lowest BCUT2D eigenvalue weighted by molar-refractivity contribution is -0.123. The number of sulfonamides is 1. The van der Waals surface area contributed by atoms with E-state index in [-0.39, 0.29) is 16.7 Å². The molecule has 0 atom stereocenters. The van der Waals surface area contributed by atoms with E-state index in [9.17, 15) is 13.2 Å². The van der Waals surface area contributed by atoms with Crippen molar-refractivity contribution >= 4 is 21.6 Å². The molecule has 0 unspecified atom stereocenters. The number of nitrogens with zero attached hydrogens (tertiary/aromatic N) is 4. The van der Waals surface area contributed by atoms with Crippen LogP contribution >= 0.6 is 0 Å². The molecule has 6 rings (SSSR count). The van der Waals surface area contributed by atoms with Crippen molar-refractivity contribution in [2.24, 2.45) is 5.92 Å². The molecule has 8 nitrogen and oxygen atoms in total. The molecule has 3 aromatic rings. The van der Waals surface area contributed by atoms with Crippen LogP contribution in [0.5, 0.6) is 0 Å². The van der Waals surface area contributed by atoms with Crippen LogP contribution in [0, 0.1) is 12.8 Å². The molecule has 0 bridgehead atoms. The average molecular weight is 493 g/mol. The Morgan fingerprint density at radius 2 is 1.80 bits per heavy atom. The molecule has 3 heterocycles. The SMILES string of the molecule is Cc1ccc(-c2noc(C3CC3)n2)cc1S(=O)(=O)N1CCC(C(=O)N2CCc3ccccc32)CC1. The van der Waals surface area contributed by atoms with E-state index >= 15 is 0 Å². The van der Waals surface area contributed by atoms with E-state index in [1.807, 2.05) is 29.2 Å². The highest BCUT2D eigenvalue weighted by Crippen LogP contribution is 2.40. The first kappa shape index (κ1) is 22.4. The number of piperidine rings is 1. The van der Waals surface area contributed by atoms with Crippen LogP contribution in [0.15, 0.2) is 51.9 Å². The van der Waals surface area contributed by atoms with Crippen LogP contribution < -0.4 is 4.90 Å². The molecule has 0 spiro atoms. The van der Waals surface area contributed by atoms with Crippen molar-refractivity contribution < 1.29 is 17.7 Å². The molecule has 2 aliphatic heterocycles. The molecule has 2 aromatic carbocycles. The smallest absolute Gasteiger partial charge is 0.243 e. The topological polar surface area (TPSA) is 96.6 Å². The van der Waals surface area contributed by atoms with E-state index in [1.54, 1.807) is 19.1 Å². The Hall–Kier alpha value is -3.04. The normalized spacial score (nSPS) is 19.2. The lowest BCUT2D eigenvalue weighted by atomic mass is 9.96. The number of amides is 1. The van der Waals surface area contributed by atoms with Crippen LogP contribution in [0.2, 0.25) is 0 Å². The van der Waals surface area contributed by atoms with Gasteiger partial charge >= 0.3 is 0 Å². The largest absolute Gasteiger partial charge is 0.339 e. The number of hydrogen-bond donors (Lipinski definition) is 0. The quantitative estimate of drug-likeness (QED) is 0.536. The van der Waals surface area contributed by atoms with Crippen LogP contribution in [-0.2, 0) is 21.2 Å². The highest BCUT2D eigenvalue weighted by atomic mass is 32.2. The van der Waals surface area contributed by atoms with E-state index in [2.05, 4.69) is 16.2 Å². The predicted octanol–water partition coefficient (Wildman–Crippen LogP) is 3.91. The zero-order chi connectivity index (χ0) is 24.2. The molecular weight excluding hydrogens is 464 g/mol. The van der Waals surface area contributed by atoms with E-state index in [0.29, 0.717) is 61.2 Å². The molecule has 35 heavy (non-hydrogen) atoms. The second kappa shape index (κ2) is 8.57. The van der Waals surface area contributed by atoms with Gasteiger partial charge in [-0.2, -0.15) is 9.29 Å². The Bertz CT molecular complexity index is 1390. The lowest BCUT2D eigenvalue weighted by Gasteiger charge is -2.33. The Morgan fingerprint density at radius 3 is 2.57 bits per heavy atom. The number of rotatable bonds is 5. The number of fused-ring (bicyclic) bond motifs is 1. The third-order valence-electron chi connectivity index (χ3n) is 7.39. The number of carbonyl (C=O) groups excluding carboxylic acids is 1. The van der Waals surface area contributed by atoms with Gasteiger partial charge in [0.05, 0.1) is 4.90 Å². The van der Waals surface area contributed by atoms with E-state index < -0.39 is 10.0 Å². The van der Waals surface area contributed by atoms with Gasteiger partial charge < -0.3 is 9.42 Å². The van der Waals surface area contributed by atoms with Gasteiger partial charge in [0.2, 0.25) is 27.6 Å². The second-order valence-corrected chi connectivity index (χ2v) is 11.7. The van der Waals surface area contributed by atoms with Crippen LogP contribution in [0.3, 0.4) is 0 Å². The summed E-state index contributed by atoms with van der Waals surface area (Å²) in [7, 11) is -3.71. The molecule has 1 amide bonds. The van der Waals surface area contributed by atoms with Crippen molar-refractivity contribution in [3.8, 4) is 11.4 Å². The lowest BCUT2D eigenvalue weighted by Crippen LogP contribution is -2.44. The molecule has 2 fully saturated rings. The van der Waals surface area contributed by atoms with Crippen LogP contribution in [-0.4, -0.2) is 48.4 Å². The van der Waals surface area contributed by atoms with Gasteiger partial charge in [0.25, 0.3) is 0 Å². The highest BCUT2D eigenvalue weighted by Gasteiger charge is 2.36. The number of para-hydroxylation sites is 1. The van der Waals surface area contributed by atoms with Gasteiger partial charge in [-0.15, -0.1) is 0 Å². The Kier molecular flexibility index (Phi) is 5.49. The predicted molar refractivity (Wildman–Crippen MR) is 130 cm³/mol. The Labute approximate surface area is 205 Å². The minimum Gasteiger partial charge on any atom is -0.339 e. The standard InChI is InChI=1S/C26H28N4O4S/c1-17-6-7-21(24-27-25(34-28-24)19-8-9-19)16-23(17)35(32,33)29-13-10-20(11-14-29)26(31)30-15-12-18-4-2-3-5-22(18)30/h2-7,16,19-20H,8-15H2,1H3. The second-order valence-electron chi connectivity index (χ2n) is 9.76. The van der Waals surface area contributed by atoms with Crippen molar-refractivity contribution in [2.45, 2.75) is 49.8 Å². The molecule has 1 saturated carbocycles. The molecular formula is C26H28N4O4S. The van der Waals surface area contributed by atoms with E-state index in [0.717, 1.165) is 24.9 Å². The maximum absolute atomic E-state index is 13.6. The molecule has 0 N–H and O–H groups in total. The molecule has 1 aromatic heterocycles. The van der Waals surface area contributed by atoms with Gasteiger partial charge in [0, 0.05) is 42.7 Å². The summed E-state index contributed by atoms with van der Waals surface area (Å²) in [5, 5.41) is 4.06. The van der Waals surface area contributed by atoms with Crippen LogP contribution in [0.1, 0.15) is 48.6 Å². The summed E-state index contributed by atoms with van der Waals surface area (Å²) in [6, 6.07) is 13.3. The molecule has 1 aliphatic carbocycles. The van der Waals surface area contributed by atoms with Crippen molar-refractivity contribution in [1.82, 2.24) is 14.4 Å². The fraction of sp³-hybridized carbons (Fsp3) is 0.423. The maximum Gasteiger partial charge on any atom is 0.243 e. The van der Waals surface area contributed by atoms with Crippen molar-refractivity contribution in [3.05, 3.63) is 59.5 Å². The third kappa shape index (κ3) is 4.06. The average Bonchev–Trinajstić information content (AvgIpc) is 3.45. The monoisotopic (exact) mass is 492 g/mol. The third-order valence-corrected chi connectivity index (χ3v) is 9.43. The van der Waals surface area contributed by atoms with Gasteiger partial charge in [0.15, 0.2) is 0 Å². The summed E-state index contributed by atoms with van der Waals surface area (Å²) >= 11 is 0. The molecule has 1 saturated heterocycles. The van der Waals surface area contributed by atoms with Crippen molar-refractivity contribution in [1.29, 1.82) is 0 Å². The summed E-state index contributed by atoms with van der Waals surface area (Å²) in [6.45, 7) is 3.14. The maximum atomic E-state index is 13.6. The van der Waals surface area contributed by atoms with Gasteiger partial charge in [-0.05, 0) is 62.3 Å². The highest BCUT2D eigenvalue weighted by molar-refractivity contribution is 7.89. The number of aryl methyl sites for hydroxylation is 1. The number of aromatic nitrogens is 2. The summed E-state index contributed by atoms with van der Waals surface area (Å²) in [6.07, 6.45) is 4.01. The summed E-state index contributed by atoms with van der Waals surface area (Å²) in [5.74, 6) is 1.31. The number of hydrogen-bond acceptors (Lipinski definition) is 6. The zero-order valence-electron chi connectivity index (χ0n) is 19.7. The van der Waals surface area contributed by atoms with Gasteiger partial charge in [-0.25, -0.2) is 8.42 Å². The number of carbonyl (C=O) groups is 1. The first-order valence-electron chi connectivity index (χ1n) is 12.3. The molecule has 182 valence electrons. The summed E-state index contributed by atoms with van der Waals surface area (Å²) in [4.78, 5) is 19.8. The number of benzene rings is 2. The molecule has 0 radical (unpaired) electrons. The molecule has 3 aliphatic rings. The fourth-order valence-corrected chi connectivity index (χ4v) is 6.86. The Balaban J connectivity index is 1.17. The van der Waals surface area contributed by atoms with Crippen molar-refractivity contribution in [2.75, 3.05) is 24.5 Å². The summed E-state index contributed by atoms with van der Waals surface area (Å²) < 4.78 is 34.0. The first-order valence-corrected chi connectivity index (χ1v) is 13.7. The van der Waals surface area contributed by atoms with Crippen LogP contribution in [0.4, 0.5) is 5.69 Å². The number of anilines is 1. The van der Waals surface area contributed by atoms with Crippen LogP contribution in [0.25, 0.3) is 11.4 Å². The van der Waals surface area contributed by atoms with E-state index in [1.165, 1.54) is 9.87 Å². The van der Waals surface area contributed by atoms with E-state index in [4.69, 9.17) is 4.52 Å². The minimum atomic E-state index is -3.71. The Morgan fingerprint density at radius 1 is 1.03 bits per heavy atom.